The molecule has 8 heteroatoms. The van der Waals surface area contributed by atoms with Crippen LogP contribution in [0, 0.1) is 0 Å². The maximum atomic E-state index is 12.7. The zero-order valence-corrected chi connectivity index (χ0v) is 14.2. The van der Waals surface area contributed by atoms with Crippen molar-refractivity contribution in [1.82, 2.24) is 15.5 Å². The van der Waals surface area contributed by atoms with Crippen LogP contribution >= 0.6 is 0 Å². The first-order valence-electron chi connectivity index (χ1n) is 8.09. The van der Waals surface area contributed by atoms with Gasteiger partial charge in [-0.1, -0.05) is 35.5 Å². The van der Waals surface area contributed by atoms with E-state index in [0.29, 0.717) is 5.56 Å². The van der Waals surface area contributed by atoms with E-state index in [1.54, 1.807) is 48.8 Å². The Balaban J connectivity index is 1.84. The number of ketones is 1. The highest BCUT2D eigenvalue weighted by atomic mass is 16.5. The first-order chi connectivity index (χ1) is 13.1. The fourth-order valence-electron chi connectivity index (χ4n) is 2.58. The zero-order valence-electron chi connectivity index (χ0n) is 14.2. The summed E-state index contributed by atoms with van der Waals surface area (Å²) >= 11 is 0. The van der Waals surface area contributed by atoms with Crippen molar-refractivity contribution in [3.63, 3.8) is 0 Å². The Labute approximate surface area is 154 Å². The van der Waals surface area contributed by atoms with Crippen LogP contribution in [0.4, 0.5) is 0 Å². The minimum Gasteiger partial charge on any atom is -0.363 e. The molecule has 8 nitrogen and oxygen atoms in total. The van der Waals surface area contributed by atoms with Crippen LogP contribution < -0.4 is 11.1 Å². The van der Waals surface area contributed by atoms with Gasteiger partial charge < -0.3 is 15.6 Å². The Bertz CT molecular complexity index is 954. The third-order valence-electron chi connectivity index (χ3n) is 3.90. The molecule has 136 valence electrons. The van der Waals surface area contributed by atoms with Crippen LogP contribution in [-0.2, 0) is 16.0 Å². The predicted molar refractivity (Wildman–Crippen MR) is 95.3 cm³/mol. The summed E-state index contributed by atoms with van der Waals surface area (Å²) in [4.78, 5) is 40.1. The molecule has 2 heterocycles. The Hall–Kier alpha value is -3.81. The van der Waals surface area contributed by atoms with Gasteiger partial charge in [-0.15, -0.1) is 0 Å². The number of nitrogens with two attached hydrogens (primary N) is 1. The Morgan fingerprint density at radius 2 is 1.78 bits per heavy atom. The fourth-order valence-corrected chi connectivity index (χ4v) is 2.58. The number of benzene rings is 1. The summed E-state index contributed by atoms with van der Waals surface area (Å²) in [5.74, 6) is -2.36. The highest BCUT2D eigenvalue weighted by molar-refractivity contribution is 6.38. The van der Waals surface area contributed by atoms with Gasteiger partial charge in [-0.2, -0.15) is 0 Å². The number of nitrogens with zero attached hydrogens (tertiary/aromatic N) is 2. The highest BCUT2D eigenvalue weighted by Crippen LogP contribution is 2.22. The van der Waals surface area contributed by atoms with Crippen molar-refractivity contribution in [2.45, 2.75) is 12.5 Å². The SMILES string of the molecule is NC(=O)C(=O)C(Cc1ccccc1)NC(=O)c1cnoc1-c1ccncc1. The minimum absolute atomic E-state index is 0.129. The number of amides is 2. The van der Waals surface area contributed by atoms with Crippen molar-refractivity contribution in [2.24, 2.45) is 5.73 Å². The lowest BCUT2D eigenvalue weighted by molar-refractivity contribution is -0.137. The van der Waals surface area contributed by atoms with Gasteiger partial charge in [0.2, 0.25) is 5.78 Å². The largest absolute Gasteiger partial charge is 0.363 e. The first kappa shape index (κ1) is 18.0. The number of aromatic nitrogens is 2. The van der Waals surface area contributed by atoms with E-state index in [0.717, 1.165) is 5.56 Å². The summed E-state index contributed by atoms with van der Waals surface area (Å²) in [6, 6.07) is 11.2. The second-order valence-corrected chi connectivity index (χ2v) is 5.75. The molecule has 3 aromatic rings. The van der Waals surface area contributed by atoms with Gasteiger partial charge in [0.25, 0.3) is 11.8 Å². The van der Waals surface area contributed by atoms with Gasteiger partial charge in [-0.3, -0.25) is 19.4 Å². The molecule has 0 aliphatic heterocycles. The molecule has 1 unspecified atom stereocenters. The lowest BCUT2D eigenvalue weighted by Gasteiger charge is -2.16. The van der Waals surface area contributed by atoms with Gasteiger partial charge in [0.1, 0.15) is 11.6 Å². The van der Waals surface area contributed by atoms with E-state index in [1.165, 1.54) is 6.20 Å². The second-order valence-electron chi connectivity index (χ2n) is 5.75. The topological polar surface area (TPSA) is 128 Å². The zero-order chi connectivity index (χ0) is 19.2. The second kappa shape index (κ2) is 8.05. The number of rotatable bonds is 7. The lowest BCUT2D eigenvalue weighted by Crippen LogP contribution is -2.47. The van der Waals surface area contributed by atoms with Crippen LogP contribution in [0.3, 0.4) is 0 Å². The van der Waals surface area contributed by atoms with Crippen LogP contribution in [-0.4, -0.2) is 33.8 Å². The Kier molecular flexibility index (Phi) is 5.36. The summed E-state index contributed by atoms with van der Waals surface area (Å²) in [6.07, 6.45) is 4.48. The number of carbonyl (C=O) groups is 3. The fraction of sp³-hybridized carbons (Fsp3) is 0.105. The molecule has 3 N–H and O–H groups in total. The van der Waals surface area contributed by atoms with E-state index in [1.807, 2.05) is 6.07 Å². The van der Waals surface area contributed by atoms with Crippen molar-refractivity contribution in [3.8, 4) is 11.3 Å². The number of hydrogen-bond acceptors (Lipinski definition) is 6. The first-order valence-corrected chi connectivity index (χ1v) is 8.09. The van der Waals surface area contributed by atoms with Gasteiger partial charge in [0.05, 0.1) is 6.20 Å². The molecule has 0 radical (unpaired) electrons. The summed E-state index contributed by atoms with van der Waals surface area (Å²) < 4.78 is 5.16. The molecule has 27 heavy (non-hydrogen) atoms. The van der Waals surface area contributed by atoms with E-state index in [-0.39, 0.29) is 17.7 Å². The van der Waals surface area contributed by atoms with E-state index >= 15 is 0 Å². The van der Waals surface area contributed by atoms with E-state index < -0.39 is 23.6 Å². The molecule has 0 bridgehead atoms. The number of hydrogen-bond donors (Lipinski definition) is 2. The minimum atomic E-state index is -1.11. The average Bonchev–Trinajstić information content (AvgIpc) is 3.18. The molecule has 2 aromatic heterocycles. The van der Waals surface area contributed by atoms with Crippen molar-refractivity contribution >= 4 is 17.6 Å². The van der Waals surface area contributed by atoms with Crippen molar-refractivity contribution in [2.75, 3.05) is 0 Å². The molecule has 1 atom stereocenters. The maximum absolute atomic E-state index is 12.7. The predicted octanol–water partition coefficient (Wildman–Crippen LogP) is 1.13. The molecular formula is C19H16N4O4. The number of pyridine rings is 1. The van der Waals surface area contributed by atoms with Gasteiger partial charge in [-0.25, -0.2) is 0 Å². The van der Waals surface area contributed by atoms with Crippen LogP contribution in [0.1, 0.15) is 15.9 Å². The van der Waals surface area contributed by atoms with Crippen molar-refractivity contribution in [3.05, 3.63) is 72.2 Å². The maximum Gasteiger partial charge on any atom is 0.287 e. The lowest BCUT2D eigenvalue weighted by atomic mass is 10.0. The molecule has 3 rings (SSSR count). The number of Topliss-reactive ketones (excluding diaryl/α,β-unsaturated/α-hetero) is 1. The molecule has 1 aromatic carbocycles. The van der Waals surface area contributed by atoms with Crippen molar-refractivity contribution < 1.29 is 18.9 Å². The van der Waals surface area contributed by atoms with Crippen molar-refractivity contribution in [1.29, 1.82) is 0 Å². The molecule has 0 aliphatic rings. The molecule has 0 fully saturated rings. The molecule has 0 spiro atoms. The quantitative estimate of drug-likeness (QED) is 0.605. The van der Waals surface area contributed by atoms with Crippen LogP contribution in [0.25, 0.3) is 11.3 Å². The van der Waals surface area contributed by atoms with Crippen LogP contribution in [0.2, 0.25) is 0 Å². The summed E-state index contributed by atoms with van der Waals surface area (Å²) in [5, 5.41) is 6.21. The number of nitrogens with one attached hydrogen (secondary N) is 1. The van der Waals surface area contributed by atoms with Gasteiger partial charge in [0, 0.05) is 24.4 Å². The molecule has 2 amide bonds. The number of carbonyl (C=O) groups excluding carboxylic acids is 3. The molecular weight excluding hydrogens is 348 g/mol. The summed E-state index contributed by atoms with van der Waals surface area (Å²) in [6.45, 7) is 0. The molecule has 0 aliphatic carbocycles. The summed E-state index contributed by atoms with van der Waals surface area (Å²) in [5.41, 5.74) is 6.64. The van der Waals surface area contributed by atoms with Gasteiger partial charge in [0.15, 0.2) is 5.76 Å². The van der Waals surface area contributed by atoms with Crippen LogP contribution in [0.15, 0.2) is 65.6 Å². The summed E-state index contributed by atoms with van der Waals surface area (Å²) in [7, 11) is 0. The van der Waals surface area contributed by atoms with E-state index in [2.05, 4.69) is 15.5 Å². The van der Waals surface area contributed by atoms with E-state index in [9.17, 15) is 14.4 Å². The smallest absolute Gasteiger partial charge is 0.287 e. The Morgan fingerprint density at radius 3 is 2.44 bits per heavy atom. The number of primary amides is 1. The van der Waals surface area contributed by atoms with Gasteiger partial charge in [-0.05, 0) is 17.7 Å². The third kappa shape index (κ3) is 4.24. The van der Waals surface area contributed by atoms with Gasteiger partial charge >= 0.3 is 0 Å². The normalized spacial score (nSPS) is 11.6. The average molecular weight is 364 g/mol. The monoisotopic (exact) mass is 364 g/mol. The molecule has 0 saturated heterocycles. The third-order valence-corrected chi connectivity index (χ3v) is 3.90. The Morgan fingerprint density at radius 1 is 1.07 bits per heavy atom. The standard InChI is InChI=1S/C19H16N4O4/c20-18(25)16(24)15(10-12-4-2-1-3-5-12)23-19(26)14-11-22-27-17(14)13-6-8-21-9-7-13/h1-9,11,15H,10H2,(H2,20,25)(H,23,26). The highest BCUT2D eigenvalue weighted by Gasteiger charge is 2.28. The van der Waals surface area contributed by atoms with Crippen LogP contribution in [0.5, 0.6) is 0 Å². The van der Waals surface area contributed by atoms with E-state index in [4.69, 9.17) is 10.3 Å². The molecule has 0 saturated carbocycles.